The van der Waals surface area contributed by atoms with E-state index in [1.807, 2.05) is 49.4 Å². The molecule has 1 aromatic heterocycles. The van der Waals surface area contributed by atoms with Gasteiger partial charge in [-0.2, -0.15) is 0 Å². The summed E-state index contributed by atoms with van der Waals surface area (Å²) in [5.74, 6) is 2.19. The van der Waals surface area contributed by atoms with E-state index in [0.717, 1.165) is 15.6 Å². The van der Waals surface area contributed by atoms with Crippen molar-refractivity contribution in [3.63, 3.8) is 0 Å². The van der Waals surface area contributed by atoms with Crippen LogP contribution in [-0.4, -0.2) is 17.3 Å². The lowest BCUT2D eigenvalue weighted by molar-refractivity contribution is 0.251. The predicted octanol–water partition coefficient (Wildman–Crippen LogP) is 4.40. The number of benzene rings is 2. The Bertz CT molecular complexity index is 800. The van der Waals surface area contributed by atoms with E-state index >= 15 is 0 Å². The fourth-order valence-corrected chi connectivity index (χ4v) is 2.32. The largest absolute Gasteiger partial charge is 0.493 e. The van der Waals surface area contributed by atoms with Gasteiger partial charge in [-0.25, -0.2) is 0 Å². The molecule has 0 saturated carbocycles. The van der Waals surface area contributed by atoms with E-state index in [2.05, 4.69) is 26.1 Å². The molecule has 23 heavy (non-hydrogen) atoms. The van der Waals surface area contributed by atoms with Crippen molar-refractivity contribution in [3.8, 4) is 23.0 Å². The molecule has 1 heterocycles. The van der Waals surface area contributed by atoms with E-state index in [9.17, 15) is 0 Å². The van der Waals surface area contributed by atoms with Crippen molar-refractivity contribution in [1.29, 1.82) is 0 Å². The molecule has 0 bridgehead atoms. The molecule has 2 aromatic carbocycles. The van der Waals surface area contributed by atoms with Crippen molar-refractivity contribution in [1.82, 2.24) is 10.2 Å². The molecule has 0 aliphatic carbocycles. The van der Waals surface area contributed by atoms with Crippen LogP contribution in [0.15, 0.2) is 51.4 Å². The SMILES string of the molecule is COc1cc(C)ccc1OCc1nnc(-c2ccc(Br)cc2)o1. The Morgan fingerprint density at radius 3 is 2.57 bits per heavy atom. The number of rotatable bonds is 5. The molecule has 5 nitrogen and oxygen atoms in total. The van der Waals surface area contributed by atoms with Crippen LogP contribution in [0.2, 0.25) is 0 Å². The molecule has 3 aromatic rings. The second kappa shape index (κ2) is 6.83. The molecular formula is C17H15BrN2O3. The first kappa shape index (κ1) is 15.6. The van der Waals surface area contributed by atoms with Gasteiger partial charge in [-0.05, 0) is 48.9 Å². The summed E-state index contributed by atoms with van der Waals surface area (Å²) in [6, 6.07) is 13.4. The Labute approximate surface area is 142 Å². The molecule has 0 radical (unpaired) electrons. The zero-order valence-electron chi connectivity index (χ0n) is 12.7. The molecule has 0 atom stereocenters. The van der Waals surface area contributed by atoms with E-state index in [1.165, 1.54) is 0 Å². The molecule has 118 valence electrons. The lowest BCUT2D eigenvalue weighted by Crippen LogP contribution is -1.98. The van der Waals surface area contributed by atoms with Gasteiger partial charge in [0.15, 0.2) is 18.1 Å². The number of aryl methyl sites for hydroxylation is 1. The van der Waals surface area contributed by atoms with Gasteiger partial charge < -0.3 is 13.9 Å². The highest BCUT2D eigenvalue weighted by Gasteiger charge is 2.11. The number of ether oxygens (including phenoxy) is 2. The number of aromatic nitrogens is 2. The third kappa shape index (κ3) is 3.71. The summed E-state index contributed by atoms with van der Waals surface area (Å²) in [4.78, 5) is 0. The first-order chi connectivity index (χ1) is 11.2. The van der Waals surface area contributed by atoms with E-state index < -0.39 is 0 Å². The van der Waals surface area contributed by atoms with Gasteiger partial charge in [0.05, 0.1) is 7.11 Å². The second-order valence-corrected chi connectivity index (χ2v) is 5.87. The van der Waals surface area contributed by atoms with Gasteiger partial charge in [0.2, 0.25) is 5.89 Å². The molecule has 0 saturated heterocycles. The van der Waals surface area contributed by atoms with Crippen molar-refractivity contribution in [2.75, 3.05) is 7.11 Å². The first-order valence-electron chi connectivity index (χ1n) is 7.01. The summed E-state index contributed by atoms with van der Waals surface area (Å²) in [6.45, 7) is 2.18. The number of hydrogen-bond acceptors (Lipinski definition) is 5. The third-order valence-corrected chi connectivity index (χ3v) is 3.76. The molecule has 6 heteroatoms. The highest BCUT2D eigenvalue weighted by molar-refractivity contribution is 9.10. The number of nitrogens with zero attached hydrogens (tertiary/aromatic N) is 2. The Morgan fingerprint density at radius 2 is 1.83 bits per heavy atom. The number of halogens is 1. The number of methoxy groups -OCH3 is 1. The Morgan fingerprint density at radius 1 is 1.04 bits per heavy atom. The molecule has 0 fully saturated rings. The minimum Gasteiger partial charge on any atom is -0.493 e. The zero-order chi connectivity index (χ0) is 16.2. The summed E-state index contributed by atoms with van der Waals surface area (Å²) in [5.41, 5.74) is 1.96. The van der Waals surface area contributed by atoms with Crippen molar-refractivity contribution < 1.29 is 13.9 Å². The Kier molecular flexibility index (Phi) is 4.62. The molecule has 0 amide bonds. The van der Waals surface area contributed by atoms with Crippen LogP contribution in [0, 0.1) is 6.92 Å². The van der Waals surface area contributed by atoms with E-state index in [1.54, 1.807) is 7.11 Å². The summed E-state index contributed by atoms with van der Waals surface area (Å²) in [5, 5.41) is 8.05. The molecular weight excluding hydrogens is 360 g/mol. The third-order valence-electron chi connectivity index (χ3n) is 3.23. The van der Waals surface area contributed by atoms with Crippen molar-refractivity contribution in [3.05, 3.63) is 58.4 Å². The van der Waals surface area contributed by atoms with Crippen LogP contribution in [0.4, 0.5) is 0 Å². The quantitative estimate of drug-likeness (QED) is 0.662. The maximum Gasteiger partial charge on any atom is 0.254 e. The van der Waals surface area contributed by atoms with Crippen LogP contribution < -0.4 is 9.47 Å². The summed E-state index contributed by atoms with van der Waals surface area (Å²) in [6.07, 6.45) is 0. The predicted molar refractivity (Wildman–Crippen MR) is 89.5 cm³/mol. The van der Waals surface area contributed by atoms with Crippen LogP contribution in [0.1, 0.15) is 11.5 Å². The van der Waals surface area contributed by atoms with Gasteiger partial charge in [-0.1, -0.05) is 22.0 Å². The van der Waals surface area contributed by atoms with E-state index in [4.69, 9.17) is 13.9 Å². The molecule has 0 aliphatic rings. The van der Waals surface area contributed by atoms with Crippen LogP contribution in [0.3, 0.4) is 0 Å². The van der Waals surface area contributed by atoms with Crippen molar-refractivity contribution >= 4 is 15.9 Å². The minimum atomic E-state index is 0.183. The molecule has 0 spiro atoms. The first-order valence-corrected chi connectivity index (χ1v) is 7.81. The van der Waals surface area contributed by atoms with Crippen LogP contribution in [0.5, 0.6) is 11.5 Å². The van der Waals surface area contributed by atoms with Gasteiger partial charge in [-0.15, -0.1) is 10.2 Å². The molecule has 0 unspecified atom stereocenters. The zero-order valence-corrected chi connectivity index (χ0v) is 14.3. The highest BCUT2D eigenvalue weighted by atomic mass is 79.9. The second-order valence-electron chi connectivity index (χ2n) is 4.95. The average Bonchev–Trinajstić information content (AvgIpc) is 3.03. The van der Waals surface area contributed by atoms with Crippen LogP contribution in [-0.2, 0) is 6.61 Å². The van der Waals surface area contributed by atoms with Gasteiger partial charge in [-0.3, -0.25) is 0 Å². The normalized spacial score (nSPS) is 10.6. The minimum absolute atomic E-state index is 0.183. The molecule has 0 N–H and O–H groups in total. The Hall–Kier alpha value is -2.34. The average molecular weight is 375 g/mol. The Balaban J connectivity index is 1.71. The maximum absolute atomic E-state index is 5.71. The van der Waals surface area contributed by atoms with Crippen molar-refractivity contribution in [2.24, 2.45) is 0 Å². The van der Waals surface area contributed by atoms with Gasteiger partial charge >= 0.3 is 0 Å². The fraction of sp³-hybridized carbons (Fsp3) is 0.176. The van der Waals surface area contributed by atoms with E-state index in [-0.39, 0.29) is 6.61 Å². The monoisotopic (exact) mass is 374 g/mol. The van der Waals surface area contributed by atoms with Gasteiger partial charge in [0.25, 0.3) is 5.89 Å². The highest BCUT2D eigenvalue weighted by Crippen LogP contribution is 2.28. The van der Waals surface area contributed by atoms with E-state index in [0.29, 0.717) is 23.3 Å². The smallest absolute Gasteiger partial charge is 0.254 e. The number of hydrogen-bond donors (Lipinski definition) is 0. The molecule has 0 aliphatic heterocycles. The standard InChI is InChI=1S/C17H15BrN2O3/c1-11-3-8-14(15(9-11)21-2)22-10-16-19-20-17(23-16)12-4-6-13(18)7-5-12/h3-9H,10H2,1-2H3. The summed E-state index contributed by atoms with van der Waals surface area (Å²) < 4.78 is 17.6. The fourth-order valence-electron chi connectivity index (χ4n) is 2.05. The maximum atomic E-state index is 5.71. The summed E-state index contributed by atoms with van der Waals surface area (Å²) in [7, 11) is 1.61. The lowest BCUT2D eigenvalue weighted by atomic mass is 10.2. The van der Waals surface area contributed by atoms with Gasteiger partial charge in [0, 0.05) is 10.0 Å². The topological polar surface area (TPSA) is 57.4 Å². The van der Waals surface area contributed by atoms with Crippen LogP contribution in [0.25, 0.3) is 11.5 Å². The lowest BCUT2D eigenvalue weighted by Gasteiger charge is -2.09. The van der Waals surface area contributed by atoms with Gasteiger partial charge in [0.1, 0.15) is 0 Å². The molecule has 3 rings (SSSR count). The van der Waals surface area contributed by atoms with Crippen molar-refractivity contribution in [2.45, 2.75) is 13.5 Å². The van der Waals surface area contributed by atoms with Crippen LogP contribution >= 0.6 is 15.9 Å². The summed E-state index contributed by atoms with van der Waals surface area (Å²) >= 11 is 3.39.